The minimum Gasteiger partial charge on any atom is -0.395 e. The molecule has 0 aliphatic carbocycles. The van der Waals surface area contributed by atoms with Crippen molar-refractivity contribution < 1.29 is 5.11 Å². The van der Waals surface area contributed by atoms with Crippen LogP contribution in [-0.4, -0.2) is 45.7 Å². The summed E-state index contributed by atoms with van der Waals surface area (Å²) in [6.45, 7) is 2.16. The van der Waals surface area contributed by atoms with E-state index in [-0.39, 0.29) is 6.61 Å². The van der Waals surface area contributed by atoms with Crippen LogP contribution in [0.25, 0.3) is 0 Å². The van der Waals surface area contributed by atoms with Crippen molar-refractivity contribution in [2.24, 2.45) is 0 Å². The van der Waals surface area contributed by atoms with E-state index in [1.54, 1.807) is 23.1 Å². The highest BCUT2D eigenvalue weighted by atomic mass is 32.2. The highest BCUT2D eigenvalue weighted by Gasteiger charge is 2.24. The maximum Gasteiger partial charge on any atom is 0.174 e. The van der Waals surface area contributed by atoms with Crippen LogP contribution in [0.3, 0.4) is 0 Å². The van der Waals surface area contributed by atoms with Crippen molar-refractivity contribution in [2.75, 3.05) is 19.4 Å². The van der Waals surface area contributed by atoms with Gasteiger partial charge in [0, 0.05) is 6.04 Å². The Hall–Kier alpha value is -0.170. The molecule has 0 unspecified atom stereocenters. The molecule has 1 aromatic rings. The number of rotatable bonds is 4. The molecule has 6 heteroatoms. The Morgan fingerprint density at radius 1 is 1.60 bits per heavy atom. The van der Waals surface area contributed by atoms with Crippen molar-refractivity contribution in [2.45, 2.75) is 29.8 Å². The molecule has 0 radical (unpaired) electrons. The Kier molecular flexibility index (Phi) is 3.96. The fourth-order valence-electron chi connectivity index (χ4n) is 1.87. The number of aliphatic hydroxyl groups is 1. The van der Waals surface area contributed by atoms with E-state index in [9.17, 15) is 5.11 Å². The average Bonchev–Trinajstić information content (AvgIpc) is 2.87. The Morgan fingerprint density at radius 3 is 3.13 bits per heavy atom. The summed E-state index contributed by atoms with van der Waals surface area (Å²) in [7, 11) is 0. The van der Waals surface area contributed by atoms with E-state index < -0.39 is 0 Å². The highest BCUT2D eigenvalue weighted by Crippen LogP contribution is 2.24. The molecule has 1 aliphatic heterocycles. The molecule has 1 saturated heterocycles. The zero-order valence-corrected chi connectivity index (χ0v) is 10.4. The molecule has 0 saturated carbocycles. The second-order valence-electron chi connectivity index (χ2n) is 3.61. The van der Waals surface area contributed by atoms with E-state index in [0.717, 1.165) is 28.9 Å². The number of hydrogen-bond acceptors (Lipinski definition) is 6. The summed E-state index contributed by atoms with van der Waals surface area (Å²) in [5.74, 6) is 0. The van der Waals surface area contributed by atoms with Gasteiger partial charge in [0.15, 0.2) is 4.34 Å². The molecule has 4 nitrogen and oxygen atoms in total. The van der Waals surface area contributed by atoms with E-state index in [4.69, 9.17) is 0 Å². The number of aliphatic hydroxyl groups excluding tert-OH is 1. The summed E-state index contributed by atoms with van der Waals surface area (Å²) in [6, 6.07) is 0.326. The standard InChI is InChI=1S/C9H15N3OS2/c1-14-9-11-10-8(15-9)5-12-4-2-3-7(12)6-13/h7,13H,2-6H2,1H3/t7-/m0/s1. The van der Waals surface area contributed by atoms with Gasteiger partial charge in [-0.15, -0.1) is 10.2 Å². The number of hydrogen-bond donors (Lipinski definition) is 1. The van der Waals surface area contributed by atoms with Crippen LogP contribution >= 0.6 is 23.1 Å². The summed E-state index contributed by atoms with van der Waals surface area (Å²) < 4.78 is 1.02. The van der Waals surface area contributed by atoms with Gasteiger partial charge in [0.2, 0.25) is 0 Å². The van der Waals surface area contributed by atoms with Gasteiger partial charge in [0.25, 0.3) is 0 Å². The van der Waals surface area contributed by atoms with Gasteiger partial charge in [-0.25, -0.2) is 0 Å². The van der Waals surface area contributed by atoms with Gasteiger partial charge >= 0.3 is 0 Å². The number of nitrogens with zero attached hydrogens (tertiary/aromatic N) is 3. The molecule has 1 aliphatic rings. The van der Waals surface area contributed by atoms with Gasteiger partial charge in [0.05, 0.1) is 13.2 Å². The van der Waals surface area contributed by atoms with Gasteiger partial charge in [-0.1, -0.05) is 23.1 Å². The van der Waals surface area contributed by atoms with E-state index in [0.29, 0.717) is 6.04 Å². The van der Waals surface area contributed by atoms with Crippen LogP contribution in [0.1, 0.15) is 17.8 Å². The zero-order chi connectivity index (χ0) is 10.7. The van der Waals surface area contributed by atoms with E-state index >= 15 is 0 Å². The number of aromatic nitrogens is 2. The van der Waals surface area contributed by atoms with Gasteiger partial charge in [0.1, 0.15) is 5.01 Å². The lowest BCUT2D eigenvalue weighted by molar-refractivity contribution is 0.153. The lowest BCUT2D eigenvalue weighted by Gasteiger charge is -2.20. The van der Waals surface area contributed by atoms with Gasteiger partial charge in [-0.05, 0) is 25.6 Å². The molecule has 1 fully saturated rings. The molecular formula is C9H15N3OS2. The molecule has 2 rings (SSSR count). The third-order valence-electron chi connectivity index (χ3n) is 2.67. The van der Waals surface area contributed by atoms with Crippen molar-refractivity contribution in [1.82, 2.24) is 15.1 Å². The first-order chi connectivity index (χ1) is 7.33. The van der Waals surface area contributed by atoms with Gasteiger partial charge in [-0.3, -0.25) is 4.90 Å². The summed E-state index contributed by atoms with van der Waals surface area (Å²) >= 11 is 3.28. The Balaban J connectivity index is 1.95. The molecular weight excluding hydrogens is 230 g/mol. The summed E-state index contributed by atoms with van der Waals surface area (Å²) in [5, 5.41) is 18.5. The smallest absolute Gasteiger partial charge is 0.174 e. The summed E-state index contributed by atoms with van der Waals surface area (Å²) in [6.07, 6.45) is 4.29. The molecule has 0 aromatic carbocycles. The molecule has 1 N–H and O–H groups in total. The van der Waals surface area contributed by atoms with Crippen LogP contribution in [-0.2, 0) is 6.54 Å². The maximum absolute atomic E-state index is 9.19. The third-order valence-corrected chi connectivity index (χ3v) is 4.55. The SMILES string of the molecule is CSc1nnc(CN2CCC[C@H]2CO)s1. The average molecular weight is 245 g/mol. The van der Waals surface area contributed by atoms with Gasteiger partial charge in [-0.2, -0.15) is 0 Å². The lowest BCUT2D eigenvalue weighted by atomic mass is 10.2. The Morgan fingerprint density at radius 2 is 2.47 bits per heavy atom. The second kappa shape index (κ2) is 5.25. The predicted octanol–water partition coefficient (Wildman–Crippen LogP) is 1.22. The molecule has 15 heavy (non-hydrogen) atoms. The summed E-state index contributed by atoms with van der Waals surface area (Å²) in [5.41, 5.74) is 0. The van der Waals surface area contributed by atoms with Crippen LogP contribution in [0.2, 0.25) is 0 Å². The molecule has 1 atom stereocenters. The van der Waals surface area contributed by atoms with Crippen LogP contribution < -0.4 is 0 Å². The number of likely N-dealkylation sites (tertiary alicyclic amines) is 1. The first-order valence-electron chi connectivity index (χ1n) is 5.04. The van der Waals surface area contributed by atoms with Crippen molar-refractivity contribution in [3.63, 3.8) is 0 Å². The molecule has 1 aromatic heterocycles. The largest absolute Gasteiger partial charge is 0.395 e. The van der Waals surface area contributed by atoms with Crippen molar-refractivity contribution in [1.29, 1.82) is 0 Å². The van der Waals surface area contributed by atoms with Crippen molar-refractivity contribution in [3.05, 3.63) is 5.01 Å². The number of thioether (sulfide) groups is 1. The normalized spacial score (nSPS) is 22.4. The molecule has 0 spiro atoms. The first kappa shape index (κ1) is 11.3. The minimum absolute atomic E-state index is 0.258. The monoisotopic (exact) mass is 245 g/mol. The third kappa shape index (κ3) is 2.69. The lowest BCUT2D eigenvalue weighted by Crippen LogP contribution is -2.31. The fraction of sp³-hybridized carbons (Fsp3) is 0.778. The Bertz CT molecular complexity index is 318. The second-order valence-corrected chi connectivity index (χ2v) is 5.73. The minimum atomic E-state index is 0.258. The van der Waals surface area contributed by atoms with Crippen molar-refractivity contribution >= 4 is 23.1 Å². The predicted molar refractivity (Wildman–Crippen MR) is 62.2 cm³/mol. The molecule has 0 bridgehead atoms. The van der Waals surface area contributed by atoms with Crippen LogP contribution in [0.5, 0.6) is 0 Å². The van der Waals surface area contributed by atoms with E-state index in [1.165, 1.54) is 6.42 Å². The van der Waals surface area contributed by atoms with Crippen LogP contribution in [0.15, 0.2) is 4.34 Å². The van der Waals surface area contributed by atoms with E-state index in [2.05, 4.69) is 15.1 Å². The highest BCUT2D eigenvalue weighted by molar-refractivity contribution is 8.00. The van der Waals surface area contributed by atoms with Crippen LogP contribution in [0.4, 0.5) is 0 Å². The zero-order valence-electron chi connectivity index (χ0n) is 8.72. The maximum atomic E-state index is 9.19. The van der Waals surface area contributed by atoms with Gasteiger partial charge < -0.3 is 5.11 Å². The topological polar surface area (TPSA) is 49.2 Å². The van der Waals surface area contributed by atoms with Crippen LogP contribution in [0, 0.1) is 0 Å². The Labute approximate surface area is 97.7 Å². The fourth-order valence-corrected chi connectivity index (χ4v) is 3.21. The van der Waals surface area contributed by atoms with Crippen molar-refractivity contribution in [3.8, 4) is 0 Å². The quantitative estimate of drug-likeness (QED) is 0.808. The molecule has 0 amide bonds. The molecule has 84 valence electrons. The summed E-state index contributed by atoms with van der Waals surface area (Å²) in [4.78, 5) is 2.30. The van der Waals surface area contributed by atoms with E-state index in [1.807, 2.05) is 6.26 Å². The first-order valence-corrected chi connectivity index (χ1v) is 7.09. The molecule has 2 heterocycles.